The Balaban J connectivity index is 1.68. The van der Waals surface area contributed by atoms with E-state index in [0.29, 0.717) is 5.92 Å². The summed E-state index contributed by atoms with van der Waals surface area (Å²) < 4.78 is 2.03. The lowest BCUT2D eigenvalue weighted by Crippen LogP contribution is -2.28. The number of aliphatic hydroxyl groups excluding tert-OH is 1. The molecule has 1 aromatic heterocycles. The summed E-state index contributed by atoms with van der Waals surface area (Å²) in [5, 5.41) is 15.0. The van der Waals surface area contributed by atoms with Gasteiger partial charge in [0.05, 0.1) is 11.8 Å². The minimum Gasteiger partial charge on any atom is -0.392 e. The van der Waals surface area contributed by atoms with Crippen LogP contribution in [-0.2, 0) is 13.0 Å². The molecule has 2 aliphatic carbocycles. The van der Waals surface area contributed by atoms with E-state index < -0.39 is 0 Å². The van der Waals surface area contributed by atoms with Crippen molar-refractivity contribution in [2.45, 2.75) is 58.6 Å². The first-order valence-electron chi connectivity index (χ1n) is 7.38. The monoisotopic (exact) mass is 248 g/mol. The Labute approximate surface area is 109 Å². The highest BCUT2D eigenvalue weighted by Crippen LogP contribution is 2.49. The number of fused-ring (bicyclic) bond motifs is 2. The van der Waals surface area contributed by atoms with Gasteiger partial charge in [-0.05, 0) is 56.9 Å². The molecule has 2 aliphatic rings. The molecule has 0 saturated heterocycles. The first-order chi connectivity index (χ1) is 8.67. The summed E-state index contributed by atoms with van der Waals surface area (Å²) in [5.74, 6) is 2.25. The molecule has 1 aromatic rings. The summed E-state index contributed by atoms with van der Waals surface area (Å²) >= 11 is 0. The third-order valence-electron chi connectivity index (χ3n) is 4.99. The van der Waals surface area contributed by atoms with E-state index in [1.165, 1.54) is 31.4 Å². The van der Waals surface area contributed by atoms with Gasteiger partial charge in [-0.1, -0.05) is 6.42 Å². The summed E-state index contributed by atoms with van der Waals surface area (Å²) in [6.07, 6.45) is 5.99. The first kappa shape index (κ1) is 12.2. The molecule has 3 rings (SSSR count). The maximum absolute atomic E-state index is 10.5. The van der Waals surface area contributed by atoms with Crippen molar-refractivity contribution in [3.63, 3.8) is 0 Å². The maximum atomic E-state index is 10.5. The van der Waals surface area contributed by atoms with Gasteiger partial charge in [0.25, 0.3) is 0 Å². The predicted octanol–water partition coefficient (Wildman–Crippen LogP) is 2.55. The summed E-state index contributed by atoms with van der Waals surface area (Å²) in [4.78, 5) is 0. The molecule has 3 heteroatoms. The van der Waals surface area contributed by atoms with Crippen LogP contribution in [0.1, 0.15) is 44.0 Å². The smallest absolute Gasteiger partial charge is 0.0626 e. The lowest BCUT2D eigenvalue weighted by atomic mass is 9.83. The van der Waals surface area contributed by atoms with Crippen molar-refractivity contribution < 1.29 is 5.11 Å². The Morgan fingerprint density at radius 1 is 1.44 bits per heavy atom. The van der Waals surface area contributed by atoms with Crippen LogP contribution in [0, 0.1) is 24.7 Å². The highest BCUT2D eigenvalue weighted by Gasteiger charge is 2.42. The van der Waals surface area contributed by atoms with Gasteiger partial charge in [0, 0.05) is 18.7 Å². The molecule has 2 bridgehead atoms. The van der Waals surface area contributed by atoms with Crippen LogP contribution in [0.15, 0.2) is 6.07 Å². The second kappa shape index (κ2) is 4.69. The van der Waals surface area contributed by atoms with Gasteiger partial charge in [-0.15, -0.1) is 0 Å². The van der Waals surface area contributed by atoms with Gasteiger partial charge in [0.2, 0.25) is 0 Å². The second-order valence-corrected chi connectivity index (χ2v) is 6.20. The Bertz CT molecular complexity index is 426. The summed E-state index contributed by atoms with van der Waals surface area (Å²) in [5.41, 5.74) is 2.26. The zero-order valence-corrected chi connectivity index (χ0v) is 11.5. The molecule has 0 radical (unpaired) electrons. The summed E-state index contributed by atoms with van der Waals surface area (Å²) in [6, 6.07) is 2.12. The van der Waals surface area contributed by atoms with E-state index in [1.54, 1.807) is 0 Å². The molecule has 100 valence electrons. The number of rotatable bonds is 4. The third kappa shape index (κ3) is 2.09. The molecule has 0 aliphatic heterocycles. The molecule has 0 amide bonds. The van der Waals surface area contributed by atoms with E-state index in [2.05, 4.69) is 18.1 Å². The van der Waals surface area contributed by atoms with Crippen molar-refractivity contribution >= 4 is 0 Å². The van der Waals surface area contributed by atoms with Crippen molar-refractivity contribution in [3.05, 3.63) is 17.5 Å². The molecule has 1 N–H and O–H groups in total. The zero-order valence-electron chi connectivity index (χ0n) is 11.5. The van der Waals surface area contributed by atoms with Gasteiger partial charge in [0.15, 0.2) is 0 Å². The molecule has 18 heavy (non-hydrogen) atoms. The number of aryl methyl sites for hydroxylation is 2. The van der Waals surface area contributed by atoms with Crippen LogP contribution in [0.4, 0.5) is 0 Å². The van der Waals surface area contributed by atoms with E-state index in [0.717, 1.165) is 30.5 Å². The van der Waals surface area contributed by atoms with Crippen LogP contribution >= 0.6 is 0 Å². The molecule has 0 aromatic carbocycles. The highest BCUT2D eigenvalue weighted by atomic mass is 16.3. The van der Waals surface area contributed by atoms with E-state index in [4.69, 9.17) is 0 Å². The van der Waals surface area contributed by atoms with Crippen molar-refractivity contribution in [2.24, 2.45) is 17.8 Å². The lowest BCUT2D eigenvalue weighted by Gasteiger charge is -2.26. The largest absolute Gasteiger partial charge is 0.392 e. The molecule has 0 spiro atoms. The van der Waals surface area contributed by atoms with E-state index in [-0.39, 0.29) is 6.10 Å². The van der Waals surface area contributed by atoms with E-state index in [9.17, 15) is 5.11 Å². The van der Waals surface area contributed by atoms with E-state index in [1.807, 2.05) is 11.6 Å². The Morgan fingerprint density at radius 2 is 2.28 bits per heavy atom. The molecule has 2 saturated carbocycles. The topological polar surface area (TPSA) is 38.0 Å². The van der Waals surface area contributed by atoms with Gasteiger partial charge < -0.3 is 5.11 Å². The van der Waals surface area contributed by atoms with Crippen LogP contribution in [0.2, 0.25) is 0 Å². The maximum Gasteiger partial charge on any atom is 0.0626 e. The Hall–Kier alpha value is -0.830. The second-order valence-electron chi connectivity index (χ2n) is 6.20. The molecule has 4 atom stereocenters. The quantitative estimate of drug-likeness (QED) is 0.889. The summed E-state index contributed by atoms with van der Waals surface area (Å²) in [7, 11) is 0. The first-order valence-corrected chi connectivity index (χ1v) is 7.38. The normalized spacial score (nSPS) is 32.1. The summed E-state index contributed by atoms with van der Waals surface area (Å²) in [6.45, 7) is 5.03. The van der Waals surface area contributed by atoms with Gasteiger partial charge in [-0.2, -0.15) is 5.10 Å². The molecule has 1 heterocycles. The fraction of sp³-hybridized carbons (Fsp3) is 0.800. The SMILES string of the molecule is CCn1nc(C)cc1CC(O)C1CC2CCC1C2. The Morgan fingerprint density at radius 3 is 2.89 bits per heavy atom. The van der Waals surface area contributed by atoms with Gasteiger partial charge in [-0.3, -0.25) is 4.68 Å². The number of nitrogens with zero attached hydrogens (tertiary/aromatic N) is 2. The number of aromatic nitrogens is 2. The van der Waals surface area contributed by atoms with Gasteiger partial charge >= 0.3 is 0 Å². The average molecular weight is 248 g/mol. The fourth-order valence-corrected chi connectivity index (χ4v) is 4.17. The molecule has 4 unspecified atom stereocenters. The van der Waals surface area contributed by atoms with Gasteiger partial charge in [0.1, 0.15) is 0 Å². The Kier molecular flexibility index (Phi) is 3.18. The van der Waals surface area contributed by atoms with Crippen molar-refractivity contribution in [3.8, 4) is 0 Å². The van der Waals surface area contributed by atoms with Crippen LogP contribution < -0.4 is 0 Å². The number of hydrogen-bond donors (Lipinski definition) is 1. The third-order valence-corrected chi connectivity index (χ3v) is 4.99. The zero-order chi connectivity index (χ0) is 12.7. The fourth-order valence-electron chi connectivity index (χ4n) is 4.17. The van der Waals surface area contributed by atoms with E-state index >= 15 is 0 Å². The van der Waals surface area contributed by atoms with Crippen molar-refractivity contribution in [1.29, 1.82) is 0 Å². The molecule has 2 fully saturated rings. The van der Waals surface area contributed by atoms with Crippen LogP contribution in [-0.4, -0.2) is 21.0 Å². The van der Waals surface area contributed by atoms with Crippen LogP contribution in [0.5, 0.6) is 0 Å². The lowest BCUT2D eigenvalue weighted by molar-refractivity contribution is 0.0733. The van der Waals surface area contributed by atoms with Crippen molar-refractivity contribution in [2.75, 3.05) is 0 Å². The number of hydrogen-bond acceptors (Lipinski definition) is 2. The van der Waals surface area contributed by atoms with Crippen LogP contribution in [0.25, 0.3) is 0 Å². The molecule has 3 nitrogen and oxygen atoms in total. The standard InChI is InChI=1S/C15H24N2O/c1-3-17-13(6-10(2)16-17)9-15(18)14-8-11-4-5-12(14)7-11/h6,11-12,14-15,18H,3-5,7-9H2,1-2H3. The molecular formula is C15H24N2O. The minimum atomic E-state index is -0.165. The molecular weight excluding hydrogens is 224 g/mol. The predicted molar refractivity (Wildman–Crippen MR) is 71.3 cm³/mol. The minimum absolute atomic E-state index is 0.165. The average Bonchev–Trinajstić information content (AvgIpc) is 3.03. The highest BCUT2D eigenvalue weighted by molar-refractivity contribution is 5.11. The van der Waals surface area contributed by atoms with Crippen molar-refractivity contribution in [1.82, 2.24) is 9.78 Å². The van der Waals surface area contributed by atoms with Crippen LogP contribution in [0.3, 0.4) is 0 Å². The van der Waals surface area contributed by atoms with Gasteiger partial charge in [-0.25, -0.2) is 0 Å². The number of aliphatic hydroxyl groups is 1.